The first-order valence-corrected chi connectivity index (χ1v) is 19.8. The maximum atomic E-state index is 12.6. The Hall–Kier alpha value is -5.64. The highest BCUT2D eigenvalue weighted by atomic mass is 35.5. The molecular weight excluding hydrogens is 717 g/mol. The summed E-state index contributed by atoms with van der Waals surface area (Å²) in [5.41, 5.74) is 5.18. The highest BCUT2D eigenvalue weighted by Gasteiger charge is 2.41. The van der Waals surface area contributed by atoms with E-state index in [2.05, 4.69) is 52.9 Å². The lowest BCUT2D eigenvalue weighted by atomic mass is 9.77. The van der Waals surface area contributed by atoms with Crippen molar-refractivity contribution in [3.8, 4) is 17.1 Å². The van der Waals surface area contributed by atoms with Crippen molar-refractivity contribution >= 4 is 35.5 Å². The summed E-state index contributed by atoms with van der Waals surface area (Å²) >= 11 is 6.35. The van der Waals surface area contributed by atoms with Crippen LogP contribution in [-0.2, 0) is 23.1 Å². The maximum absolute atomic E-state index is 12.6. The molecule has 3 heterocycles. The van der Waals surface area contributed by atoms with Gasteiger partial charge in [0.05, 0.1) is 17.7 Å². The predicted molar refractivity (Wildman–Crippen MR) is 211 cm³/mol. The lowest BCUT2D eigenvalue weighted by Crippen LogP contribution is -2.39. The minimum absolute atomic E-state index is 0.163. The van der Waals surface area contributed by atoms with E-state index in [9.17, 15) is 14.4 Å². The maximum Gasteiger partial charge on any atom is 0.375 e. The summed E-state index contributed by atoms with van der Waals surface area (Å²) in [4.78, 5) is 26.6. The van der Waals surface area contributed by atoms with Gasteiger partial charge in [0.1, 0.15) is 5.82 Å². The Labute approximate surface area is 317 Å². The zero-order valence-electron chi connectivity index (χ0n) is 29.4. The number of tetrazole rings is 1. The van der Waals surface area contributed by atoms with Crippen molar-refractivity contribution in [3.05, 3.63) is 179 Å². The number of para-hydroxylation sites is 1. The molecule has 0 atom stereocenters. The standard InChI is InChI=1S/C42H37ClN7O3P/c1-2-3-26-38-44-39(43)41(54(51,52)53)49(38)29-30-16-15-25-36-34(30)27-28-48(36)37-24-14-13-23-35(37)40-45-47-50(46-40)42(31-17-7-4-8-18-31,32-19-9-5-10-20-32)33-21-11-6-12-22-33/h4-25,27-28H,2-3,26,29H2,1H3,(H2,51,52,53). The highest BCUT2D eigenvalue weighted by molar-refractivity contribution is 7.60. The summed E-state index contributed by atoms with van der Waals surface area (Å²) in [6.45, 7) is 2.25. The molecular formula is C42H37ClN7O3P. The van der Waals surface area contributed by atoms with E-state index in [0.29, 0.717) is 18.1 Å². The molecule has 270 valence electrons. The molecule has 0 unspecified atom stereocenters. The third-order valence-corrected chi connectivity index (χ3v) is 11.3. The molecule has 2 N–H and O–H groups in total. The molecule has 0 aliphatic rings. The average molecular weight is 754 g/mol. The Balaban J connectivity index is 1.25. The van der Waals surface area contributed by atoms with Gasteiger partial charge in [0, 0.05) is 23.6 Å². The lowest BCUT2D eigenvalue weighted by Gasteiger charge is -2.34. The second kappa shape index (κ2) is 14.6. The number of halogens is 1. The molecule has 0 saturated carbocycles. The highest BCUT2D eigenvalue weighted by Crippen LogP contribution is 2.41. The van der Waals surface area contributed by atoms with Gasteiger partial charge in [-0.2, -0.15) is 0 Å². The summed E-state index contributed by atoms with van der Waals surface area (Å²) in [6.07, 6.45) is 4.26. The summed E-state index contributed by atoms with van der Waals surface area (Å²) in [7, 11) is -4.71. The van der Waals surface area contributed by atoms with Gasteiger partial charge in [0.2, 0.25) is 5.82 Å². The van der Waals surface area contributed by atoms with Crippen LogP contribution in [0.15, 0.2) is 146 Å². The Bertz CT molecular complexity index is 2500. The number of benzene rings is 5. The van der Waals surface area contributed by atoms with Crippen LogP contribution < -0.4 is 5.44 Å². The number of imidazole rings is 1. The molecule has 0 aliphatic carbocycles. The minimum atomic E-state index is -4.71. The van der Waals surface area contributed by atoms with Crippen LogP contribution in [0.5, 0.6) is 0 Å². The number of aromatic nitrogens is 7. The van der Waals surface area contributed by atoms with E-state index < -0.39 is 13.1 Å². The molecule has 0 saturated heterocycles. The fourth-order valence-electron chi connectivity index (χ4n) is 7.40. The molecule has 0 amide bonds. The van der Waals surface area contributed by atoms with Gasteiger partial charge in [-0.25, -0.2) is 4.98 Å². The van der Waals surface area contributed by atoms with Gasteiger partial charge in [-0.3, -0.25) is 4.57 Å². The molecule has 0 fully saturated rings. The van der Waals surface area contributed by atoms with Crippen LogP contribution in [0.3, 0.4) is 0 Å². The van der Waals surface area contributed by atoms with Gasteiger partial charge in [-0.05, 0) is 58.2 Å². The number of nitrogens with zero attached hydrogens (tertiary/aromatic N) is 7. The summed E-state index contributed by atoms with van der Waals surface area (Å²) in [5, 5.41) is 15.4. The van der Waals surface area contributed by atoms with Gasteiger partial charge in [-0.15, -0.1) is 15.0 Å². The molecule has 10 nitrogen and oxygen atoms in total. The van der Waals surface area contributed by atoms with E-state index in [1.54, 1.807) is 9.36 Å². The number of unbranched alkanes of at least 4 members (excludes halogenated alkanes) is 1. The Morgan fingerprint density at radius 1 is 0.759 bits per heavy atom. The van der Waals surface area contributed by atoms with Gasteiger partial charge in [0.25, 0.3) is 0 Å². The molecule has 5 aromatic carbocycles. The minimum Gasteiger partial charge on any atom is -0.320 e. The number of rotatable bonds is 12. The van der Waals surface area contributed by atoms with Crippen LogP contribution in [0.4, 0.5) is 0 Å². The van der Waals surface area contributed by atoms with Crippen LogP contribution in [0, 0.1) is 0 Å². The topological polar surface area (TPSA) is 124 Å². The molecule has 0 aliphatic heterocycles. The molecule has 54 heavy (non-hydrogen) atoms. The Morgan fingerprint density at radius 2 is 1.37 bits per heavy atom. The fraction of sp³-hybridized carbons (Fsp3) is 0.143. The number of fused-ring (bicyclic) bond motifs is 1. The van der Waals surface area contributed by atoms with E-state index in [1.807, 2.05) is 109 Å². The van der Waals surface area contributed by atoms with E-state index in [-0.39, 0.29) is 17.1 Å². The van der Waals surface area contributed by atoms with Crippen molar-refractivity contribution in [2.75, 3.05) is 0 Å². The third kappa shape index (κ3) is 6.27. The molecule has 3 aromatic heterocycles. The van der Waals surface area contributed by atoms with Crippen LogP contribution in [0.25, 0.3) is 28.0 Å². The molecule has 0 bridgehead atoms. The zero-order valence-corrected chi connectivity index (χ0v) is 31.1. The first kappa shape index (κ1) is 35.4. The van der Waals surface area contributed by atoms with Crippen molar-refractivity contribution in [2.45, 2.75) is 38.3 Å². The van der Waals surface area contributed by atoms with Gasteiger partial charge in [0.15, 0.2) is 16.1 Å². The fourth-order valence-corrected chi connectivity index (χ4v) is 8.72. The first-order chi connectivity index (χ1) is 26.3. The average Bonchev–Trinajstić information content (AvgIpc) is 3.94. The van der Waals surface area contributed by atoms with Gasteiger partial charge >= 0.3 is 7.60 Å². The van der Waals surface area contributed by atoms with Crippen molar-refractivity contribution in [1.82, 2.24) is 34.3 Å². The Kier molecular flexibility index (Phi) is 9.60. The molecule has 8 rings (SSSR count). The normalized spacial score (nSPS) is 12.1. The van der Waals surface area contributed by atoms with Crippen LogP contribution >= 0.6 is 19.2 Å². The number of hydrogen-bond acceptors (Lipinski definition) is 5. The third-order valence-electron chi connectivity index (χ3n) is 9.85. The predicted octanol–water partition coefficient (Wildman–Crippen LogP) is 8.17. The van der Waals surface area contributed by atoms with Crippen molar-refractivity contribution in [3.63, 3.8) is 0 Å². The summed E-state index contributed by atoms with van der Waals surface area (Å²) in [6, 6.07) is 46.6. The van der Waals surface area contributed by atoms with E-state index >= 15 is 0 Å². The van der Waals surface area contributed by atoms with Crippen LogP contribution in [0.2, 0.25) is 5.15 Å². The summed E-state index contributed by atoms with van der Waals surface area (Å²) in [5.74, 6) is 1.00. The monoisotopic (exact) mass is 753 g/mol. The summed E-state index contributed by atoms with van der Waals surface area (Å²) < 4.78 is 16.3. The van der Waals surface area contributed by atoms with E-state index in [4.69, 9.17) is 27.0 Å². The van der Waals surface area contributed by atoms with Crippen molar-refractivity contribution in [1.29, 1.82) is 0 Å². The van der Waals surface area contributed by atoms with E-state index in [1.165, 1.54) is 0 Å². The smallest absolute Gasteiger partial charge is 0.320 e. The van der Waals surface area contributed by atoms with Gasteiger partial charge in [-0.1, -0.05) is 140 Å². The molecule has 12 heteroatoms. The van der Waals surface area contributed by atoms with E-state index in [0.717, 1.165) is 57.2 Å². The van der Waals surface area contributed by atoms with Crippen LogP contribution in [-0.4, -0.2) is 44.1 Å². The molecule has 0 radical (unpaired) electrons. The number of hydrogen-bond donors (Lipinski definition) is 2. The lowest BCUT2D eigenvalue weighted by molar-refractivity contribution is 0.384. The zero-order chi connectivity index (χ0) is 37.3. The second-order valence-corrected chi connectivity index (χ2v) is 15.0. The second-order valence-electron chi connectivity index (χ2n) is 13.1. The van der Waals surface area contributed by atoms with Crippen LogP contribution in [0.1, 0.15) is 47.8 Å². The quantitative estimate of drug-likeness (QED) is 0.0953. The number of aryl methyl sites for hydroxylation is 1. The molecule has 8 aromatic rings. The van der Waals surface area contributed by atoms with Crippen molar-refractivity contribution < 1.29 is 14.4 Å². The first-order valence-electron chi connectivity index (χ1n) is 17.8. The largest absolute Gasteiger partial charge is 0.375 e. The Morgan fingerprint density at radius 3 is 1.98 bits per heavy atom. The van der Waals surface area contributed by atoms with Crippen molar-refractivity contribution in [2.24, 2.45) is 0 Å². The SMILES string of the molecule is CCCCc1nc(Cl)c(P(=O)(O)O)n1Cc1cccc2c1ccn2-c1ccccc1-c1nnn(C(c2ccccc2)(c2ccccc2)c2ccccc2)n1. The van der Waals surface area contributed by atoms with Gasteiger partial charge < -0.3 is 18.9 Å². The molecule has 0 spiro atoms.